The van der Waals surface area contributed by atoms with Crippen molar-refractivity contribution in [2.75, 3.05) is 5.75 Å². The summed E-state index contributed by atoms with van der Waals surface area (Å²) in [6.45, 7) is 0. The highest BCUT2D eigenvalue weighted by Crippen LogP contribution is 2.65. The van der Waals surface area contributed by atoms with Gasteiger partial charge in [0.05, 0.1) is 16.9 Å². The molecule has 122 valence electrons. The second kappa shape index (κ2) is 6.16. The molecular weight excluding hydrogens is 311 g/mol. The van der Waals surface area contributed by atoms with E-state index < -0.39 is 10.8 Å². The molecule has 2 saturated carbocycles. The van der Waals surface area contributed by atoms with Crippen molar-refractivity contribution in [3.8, 4) is 6.07 Å². The summed E-state index contributed by atoms with van der Waals surface area (Å²) in [7, 11) is 0. The molecule has 0 aromatic heterocycles. The Labute approximate surface area is 140 Å². The van der Waals surface area contributed by atoms with Crippen molar-refractivity contribution < 1.29 is 9.18 Å². The van der Waals surface area contributed by atoms with Gasteiger partial charge in [-0.2, -0.15) is 5.26 Å². The van der Waals surface area contributed by atoms with Crippen molar-refractivity contribution in [1.29, 1.82) is 5.26 Å². The zero-order chi connectivity index (χ0) is 16.5. The first kappa shape index (κ1) is 16.3. The largest absolute Gasteiger partial charge is 0.369 e. The van der Waals surface area contributed by atoms with E-state index in [2.05, 4.69) is 6.07 Å². The van der Waals surface area contributed by atoms with E-state index in [0.29, 0.717) is 0 Å². The zero-order valence-electron chi connectivity index (χ0n) is 13.1. The molecule has 2 N–H and O–H groups in total. The molecule has 2 fully saturated rings. The van der Waals surface area contributed by atoms with Crippen LogP contribution < -0.4 is 5.73 Å². The highest BCUT2D eigenvalue weighted by atomic mass is 32.2. The fraction of sp³-hybridized carbons (Fsp3) is 0.556. The van der Waals surface area contributed by atoms with Gasteiger partial charge in [-0.25, -0.2) is 4.39 Å². The molecule has 2 aliphatic rings. The molecule has 0 aliphatic heterocycles. The molecule has 1 aromatic rings. The van der Waals surface area contributed by atoms with Gasteiger partial charge in [0.2, 0.25) is 5.91 Å². The molecular formula is C18H21FN2OS. The summed E-state index contributed by atoms with van der Waals surface area (Å²) in [6, 6.07) is 8.83. The van der Waals surface area contributed by atoms with Crippen LogP contribution in [0.15, 0.2) is 29.2 Å². The molecule has 0 spiro atoms. The Kier molecular flexibility index (Phi) is 4.37. The van der Waals surface area contributed by atoms with Gasteiger partial charge in [0.1, 0.15) is 5.82 Å². The maximum absolute atomic E-state index is 13.0. The van der Waals surface area contributed by atoms with Gasteiger partial charge in [-0.1, -0.05) is 12.8 Å². The molecule has 3 nitrogen and oxygen atoms in total. The quantitative estimate of drug-likeness (QED) is 0.832. The minimum Gasteiger partial charge on any atom is -0.369 e. The smallest absolute Gasteiger partial charge is 0.225 e. The average molecular weight is 332 g/mol. The van der Waals surface area contributed by atoms with E-state index in [-0.39, 0.29) is 17.6 Å². The van der Waals surface area contributed by atoms with Crippen LogP contribution in [0, 0.1) is 33.9 Å². The third-order valence-electron chi connectivity index (χ3n) is 5.59. The number of nitrogens with two attached hydrogens (primary N) is 1. The Balaban J connectivity index is 1.82. The van der Waals surface area contributed by atoms with Gasteiger partial charge in [0, 0.05) is 10.6 Å². The number of hydrogen-bond acceptors (Lipinski definition) is 3. The third kappa shape index (κ3) is 2.74. The lowest BCUT2D eigenvalue weighted by molar-refractivity contribution is -0.136. The van der Waals surface area contributed by atoms with Gasteiger partial charge in [0.15, 0.2) is 0 Å². The average Bonchev–Trinajstić information content (AvgIpc) is 3.36. The molecule has 1 amide bonds. The molecule has 0 heterocycles. The van der Waals surface area contributed by atoms with E-state index in [0.717, 1.165) is 49.2 Å². The number of hydrogen-bond donors (Lipinski definition) is 1. The van der Waals surface area contributed by atoms with Crippen LogP contribution in [-0.2, 0) is 4.79 Å². The van der Waals surface area contributed by atoms with E-state index in [1.54, 1.807) is 23.9 Å². The molecule has 2 aliphatic carbocycles. The van der Waals surface area contributed by atoms with Crippen LogP contribution in [-0.4, -0.2) is 11.7 Å². The number of nitriles is 1. The summed E-state index contributed by atoms with van der Waals surface area (Å²) >= 11 is 1.63. The normalized spacial score (nSPS) is 28.8. The summed E-state index contributed by atoms with van der Waals surface area (Å²) in [6.07, 6.45) is 5.26. The van der Waals surface area contributed by atoms with E-state index >= 15 is 0 Å². The number of thioether (sulfide) groups is 1. The summed E-state index contributed by atoms with van der Waals surface area (Å²) in [5.74, 6) is 0.310. The first-order valence-corrected chi connectivity index (χ1v) is 9.12. The Morgan fingerprint density at radius 2 is 2.00 bits per heavy atom. The predicted molar refractivity (Wildman–Crippen MR) is 88.0 cm³/mol. The molecule has 0 saturated heterocycles. The van der Waals surface area contributed by atoms with E-state index in [4.69, 9.17) is 5.73 Å². The van der Waals surface area contributed by atoms with Gasteiger partial charge in [-0.15, -0.1) is 11.8 Å². The van der Waals surface area contributed by atoms with Crippen molar-refractivity contribution in [2.24, 2.45) is 22.5 Å². The van der Waals surface area contributed by atoms with Crippen LogP contribution >= 0.6 is 11.8 Å². The van der Waals surface area contributed by atoms with Gasteiger partial charge < -0.3 is 5.73 Å². The standard InChI is InChI=1S/C18H21FN2OS/c19-14-4-6-15(7-5-14)23-11-13-3-1-2-8-18(13,16(21)22)17(12-20)9-10-17/h4-7,13H,1-3,8-11H2,(H2,21,22). The summed E-state index contributed by atoms with van der Waals surface area (Å²) < 4.78 is 13.0. The Hall–Kier alpha value is -1.54. The van der Waals surface area contributed by atoms with Gasteiger partial charge in [-0.3, -0.25) is 4.79 Å². The lowest BCUT2D eigenvalue weighted by Gasteiger charge is -2.45. The van der Waals surface area contributed by atoms with Crippen LogP contribution in [0.1, 0.15) is 38.5 Å². The van der Waals surface area contributed by atoms with Crippen LogP contribution in [0.2, 0.25) is 0 Å². The number of amides is 1. The number of primary amides is 1. The van der Waals surface area contributed by atoms with Crippen molar-refractivity contribution in [3.05, 3.63) is 30.1 Å². The summed E-state index contributed by atoms with van der Waals surface area (Å²) in [4.78, 5) is 13.4. The molecule has 2 atom stereocenters. The zero-order valence-corrected chi connectivity index (χ0v) is 13.9. The third-order valence-corrected chi connectivity index (χ3v) is 6.77. The topological polar surface area (TPSA) is 66.9 Å². The molecule has 1 aromatic carbocycles. The lowest BCUT2D eigenvalue weighted by atomic mass is 9.58. The van der Waals surface area contributed by atoms with Gasteiger partial charge >= 0.3 is 0 Å². The number of rotatable bonds is 5. The number of halogens is 1. The molecule has 5 heteroatoms. The lowest BCUT2D eigenvalue weighted by Crippen LogP contribution is -2.52. The Morgan fingerprint density at radius 3 is 2.57 bits per heavy atom. The van der Waals surface area contributed by atoms with Crippen molar-refractivity contribution in [2.45, 2.75) is 43.4 Å². The van der Waals surface area contributed by atoms with Crippen molar-refractivity contribution in [3.63, 3.8) is 0 Å². The fourth-order valence-corrected chi connectivity index (χ4v) is 5.34. The second-order valence-electron chi connectivity index (χ2n) is 6.74. The van der Waals surface area contributed by atoms with Crippen LogP contribution in [0.5, 0.6) is 0 Å². The summed E-state index contributed by atoms with van der Waals surface area (Å²) in [5.41, 5.74) is 4.60. The van der Waals surface area contributed by atoms with E-state index in [1.165, 1.54) is 12.1 Å². The highest BCUT2D eigenvalue weighted by molar-refractivity contribution is 7.99. The minimum atomic E-state index is -0.687. The highest BCUT2D eigenvalue weighted by Gasteiger charge is 2.66. The van der Waals surface area contributed by atoms with Crippen LogP contribution in [0.3, 0.4) is 0 Å². The Morgan fingerprint density at radius 1 is 1.30 bits per heavy atom. The molecule has 0 radical (unpaired) electrons. The van der Waals surface area contributed by atoms with Gasteiger partial charge in [0.25, 0.3) is 0 Å². The van der Waals surface area contributed by atoms with Crippen LogP contribution in [0.4, 0.5) is 4.39 Å². The second-order valence-corrected chi connectivity index (χ2v) is 7.83. The molecule has 2 unspecified atom stereocenters. The van der Waals surface area contributed by atoms with Crippen molar-refractivity contribution in [1.82, 2.24) is 0 Å². The van der Waals surface area contributed by atoms with Gasteiger partial charge in [-0.05, 0) is 55.9 Å². The fourth-order valence-electron chi connectivity index (χ4n) is 4.17. The predicted octanol–water partition coefficient (Wildman–Crippen LogP) is 3.88. The van der Waals surface area contributed by atoms with E-state index in [1.807, 2.05) is 0 Å². The number of carbonyl (C=O) groups is 1. The molecule has 3 rings (SSSR count). The molecule has 0 bridgehead atoms. The first-order valence-electron chi connectivity index (χ1n) is 8.14. The van der Waals surface area contributed by atoms with Crippen LogP contribution in [0.25, 0.3) is 0 Å². The maximum atomic E-state index is 13.0. The molecule has 23 heavy (non-hydrogen) atoms. The summed E-state index contributed by atoms with van der Waals surface area (Å²) in [5, 5.41) is 9.65. The van der Waals surface area contributed by atoms with E-state index in [9.17, 15) is 14.4 Å². The number of benzene rings is 1. The Bertz CT molecular complexity index is 635. The monoisotopic (exact) mass is 332 g/mol. The SMILES string of the molecule is N#CC1(C2(C(N)=O)CCCCC2CSc2ccc(F)cc2)CC1. The first-order chi connectivity index (χ1) is 11.0. The number of carbonyl (C=O) groups excluding carboxylic acids is 1. The minimum absolute atomic E-state index is 0.117. The van der Waals surface area contributed by atoms with Crippen molar-refractivity contribution >= 4 is 17.7 Å². The maximum Gasteiger partial charge on any atom is 0.225 e. The number of nitrogens with zero attached hydrogens (tertiary/aromatic N) is 1.